The van der Waals surface area contributed by atoms with E-state index in [1.165, 1.54) is 4.88 Å². The molecule has 33 heavy (non-hydrogen) atoms. The number of fused-ring (bicyclic) bond motifs is 2. The van der Waals surface area contributed by atoms with Gasteiger partial charge in [-0.25, -0.2) is 0 Å². The smallest absolute Gasteiger partial charge is 0.272 e. The fourth-order valence-electron chi connectivity index (χ4n) is 4.49. The highest BCUT2D eigenvalue weighted by Gasteiger charge is 2.27. The number of aryl methyl sites for hydroxylation is 1. The highest BCUT2D eigenvalue weighted by molar-refractivity contribution is 7.17. The fourth-order valence-corrected chi connectivity index (χ4v) is 6.59. The molecule has 5 rings (SSSR count). The lowest BCUT2D eigenvalue weighted by atomic mass is 9.95. The van der Waals surface area contributed by atoms with Crippen LogP contribution in [-0.2, 0) is 19.4 Å². The second-order valence-corrected chi connectivity index (χ2v) is 10.4. The maximum atomic E-state index is 13.5. The summed E-state index contributed by atoms with van der Waals surface area (Å²) in [6.07, 6.45) is 4.97. The molecular weight excluding hydrogens is 450 g/mol. The van der Waals surface area contributed by atoms with E-state index in [2.05, 4.69) is 38.8 Å². The number of hydrogen-bond acceptors (Lipinski definition) is 4. The molecule has 1 aromatic carbocycles. The Morgan fingerprint density at radius 1 is 1.06 bits per heavy atom. The molecule has 0 spiro atoms. The molecule has 0 saturated carbocycles. The average molecular weight is 478 g/mol. The van der Waals surface area contributed by atoms with Crippen LogP contribution in [0, 0.1) is 0 Å². The van der Waals surface area contributed by atoms with Gasteiger partial charge in [-0.1, -0.05) is 37.3 Å². The van der Waals surface area contributed by atoms with Crippen molar-refractivity contribution < 1.29 is 9.59 Å². The van der Waals surface area contributed by atoms with Crippen LogP contribution >= 0.6 is 22.7 Å². The number of hydrogen-bond donors (Lipinski definition) is 2. The van der Waals surface area contributed by atoms with Crippen molar-refractivity contribution in [1.82, 2.24) is 9.88 Å². The fraction of sp³-hybridized carbons (Fsp3) is 0.308. The Bertz CT molecular complexity index is 1300. The highest BCUT2D eigenvalue weighted by atomic mass is 32.1. The first-order chi connectivity index (χ1) is 16.2. The summed E-state index contributed by atoms with van der Waals surface area (Å²) in [5, 5.41) is 8.86. The van der Waals surface area contributed by atoms with Crippen LogP contribution in [0.3, 0.4) is 0 Å². The zero-order valence-corrected chi connectivity index (χ0v) is 20.3. The van der Waals surface area contributed by atoms with E-state index in [4.69, 9.17) is 0 Å². The lowest BCUT2D eigenvalue weighted by Crippen LogP contribution is -2.26. The number of anilines is 1. The second-order valence-electron chi connectivity index (χ2n) is 8.40. The third kappa shape index (κ3) is 4.35. The van der Waals surface area contributed by atoms with Crippen LogP contribution in [0.2, 0.25) is 0 Å². The molecule has 0 unspecified atom stereocenters. The minimum absolute atomic E-state index is 0.0767. The first-order valence-electron chi connectivity index (χ1n) is 11.5. The average Bonchev–Trinajstić information content (AvgIpc) is 3.52. The summed E-state index contributed by atoms with van der Waals surface area (Å²) >= 11 is 3.20. The van der Waals surface area contributed by atoms with Crippen molar-refractivity contribution in [3.63, 3.8) is 0 Å². The van der Waals surface area contributed by atoms with E-state index in [1.807, 2.05) is 31.2 Å². The Kier molecular flexibility index (Phi) is 6.33. The number of aromatic nitrogens is 1. The number of amides is 2. The zero-order valence-electron chi connectivity index (χ0n) is 18.6. The Balaban J connectivity index is 1.49. The van der Waals surface area contributed by atoms with Gasteiger partial charge in [0, 0.05) is 18.0 Å². The molecule has 7 heteroatoms. The van der Waals surface area contributed by atoms with Crippen LogP contribution in [0.15, 0.2) is 47.8 Å². The van der Waals surface area contributed by atoms with Crippen molar-refractivity contribution in [2.45, 2.75) is 45.6 Å². The van der Waals surface area contributed by atoms with Gasteiger partial charge >= 0.3 is 0 Å². The van der Waals surface area contributed by atoms with Crippen LogP contribution in [0.1, 0.15) is 63.0 Å². The third-order valence-electron chi connectivity index (χ3n) is 6.10. The van der Waals surface area contributed by atoms with Gasteiger partial charge in [-0.2, -0.15) is 0 Å². The van der Waals surface area contributed by atoms with Crippen molar-refractivity contribution in [2.24, 2.45) is 0 Å². The number of carbonyl (C=O) groups is 2. The number of rotatable bonds is 7. The van der Waals surface area contributed by atoms with E-state index in [9.17, 15) is 9.59 Å². The van der Waals surface area contributed by atoms with Crippen LogP contribution in [0.5, 0.6) is 0 Å². The highest BCUT2D eigenvalue weighted by Crippen LogP contribution is 2.38. The van der Waals surface area contributed by atoms with E-state index in [1.54, 1.807) is 22.7 Å². The largest absolute Gasteiger partial charge is 0.352 e. The van der Waals surface area contributed by atoms with Gasteiger partial charge in [-0.05, 0) is 60.7 Å². The molecule has 2 amide bonds. The first-order valence-corrected chi connectivity index (χ1v) is 13.2. The molecule has 0 saturated heterocycles. The second kappa shape index (κ2) is 9.53. The molecule has 0 fully saturated rings. The normalized spacial score (nSPS) is 13.1. The van der Waals surface area contributed by atoms with Crippen molar-refractivity contribution in [3.8, 4) is 0 Å². The van der Waals surface area contributed by atoms with Crippen LogP contribution in [-0.4, -0.2) is 22.9 Å². The molecule has 5 nitrogen and oxygen atoms in total. The van der Waals surface area contributed by atoms with Crippen LogP contribution in [0.25, 0.3) is 10.2 Å². The summed E-state index contributed by atoms with van der Waals surface area (Å²) in [6.45, 7) is 3.29. The van der Waals surface area contributed by atoms with Gasteiger partial charge in [-0.3, -0.25) is 9.59 Å². The Morgan fingerprint density at radius 3 is 2.70 bits per heavy atom. The number of carbonyl (C=O) groups excluding carboxylic acids is 2. The number of thiophene rings is 2. The lowest BCUT2D eigenvalue weighted by Gasteiger charge is -2.13. The molecule has 0 aliphatic heterocycles. The molecule has 3 heterocycles. The summed E-state index contributed by atoms with van der Waals surface area (Å²) in [4.78, 5) is 27.8. The molecule has 4 aromatic rings. The quantitative estimate of drug-likeness (QED) is 0.339. The topological polar surface area (TPSA) is 63.1 Å². The molecule has 2 N–H and O–H groups in total. The number of nitrogens with one attached hydrogen (secondary N) is 2. The van der Waals surface area contributed by atoms with Crippen molar-refractivity contribution >= 4 is 49.7 Å². The Labute approximate surface area is 201 Å². The van der Waals surface area contributed by atoms with E-state index < -0.39 is 0 Å². The van der Waals surface area contributed by atoms with Crippen molar-refractivity contribution in [3.05, 3.63) is 75.1 Å². The maximum absolute atomic E-state index is 13.5. The zero-order chi connectivity index (χ0) is 22.8. The summed E-state index contributed by atoms with van der Waals surface area (Å²) in [5.41, 5.74) is 4.60. The summed E-state index contributed by atoms with van der Waals surface area (Å²) in [7, 11) is 0. The molecule has 3 aromatic heterocycles. The third-order valence-corrected chi connectivity index (χ3v) is 8.16. The van der Waals surface area contributed by atoms with E-state index in [-0.39, 0.29) is 11.8 Å². The summed E-state index contributed by atoms with van der Waals surface area (Å²) in [5.74, 6) is -0.246. The first kappa shape index (κ1) is 21.9. The van der Waals surface area contributed by atoms with Crippen molar-refractivity contribution in [1.29, 1.82) is 0 Å². The monoisotopic (exact) mass is 477 g/mol. The van der Waals surface area contributed by atoms with Gasteiger partial charge in [0.25, 0.3) is 11.8 Å². The van der Waals surface area contributed by atoms with Gasteiger partial charge in [0.05, 0.1) is 15.8 Å². The Hall–Kier alpha value is -2.90. The summed E-state index contributed by atoms with van der Waals surface area (Å²) in [6, 6.07) is 14.2. The molecular formula is C26H27N3O2S2. The molecule has 0 bridgehead atoms. The maximum Gasteiger partial charge on any atom is 0.272 e. The lowest BCUT2D eigenvalue weighted by molar-refractivity contribution is 0.0954. The standard InChI is InChI=1S/C26H27N3O2S2/c1-2-13-27-25(31)23-18-10-6-7-11-21(18)33-26(23)28-24(30)20-15-22-19(12-14-32-22)29(20)16-17-8-4-3-5-9-17/h3-5,8-9,12,14-15H,2,6-7,10-11,13,16H2,1H3,(H,27,31)(H,28,30). The van der Waals surface area contributed by atoms with E-state index in [0.29, 0.717) is 29.3 Å². The summed E-state index contributed by atoms with van der Waals surface area (Å²) < 4.78 is 3.16. The molecule has 0 radical (unpaired) electrons. The minimum atomic E-state index is -0.169. The van der Waals surface area contributed by atoms with Gasteiger partial charge in [0.1, 0.15) is 10.7 Å². The molecule has 1 aliphatic carbocycles. The minimum Gasteiger partial charge on any atom is -0.352 e. The van der Waals surface area contributed by atoms with Crippen molar-refractivity contribution in [2.75, 3.05) is 11.9 Å². The van der Waals surface area contributed by atoms with Crippen LogP contribution in [0.4, 0.5) is 5.00 Å². The van der Waals surface area contributed by atoms with Gasteiger partial charge < -0.3 is 15.2 Å². The molecule has 170 valence electrons. The Morgan fingerprint density at radius 2 is 1.88 bits per heavy atom. The van der Waals surface area contributed by atoms with E-state index >= 15 is 0 Å². The van der Waals surface area contributed by atoms with Gasteiger partial charge in [0.2, 0.25) is 0 Å². The predicted octanol–water partition coefficient (Wildman–Crippen LogP) is 6.08. The van der Waals surface area contributed by atoms with E-state index in [0.717, 1.165) is 53.4 Å². The van der Waals surface area contributed by atoms with Gasteiger partial charge in [0.15, 0.2) is 0 Å². The number of benzene rings is 1. The molecule has 0 atom stereocenters. The number of nitrogens with zero attached hydrogens (tertiary/aromatic N) is 1. The molecule has 1 aliphatic rings. The predicted molar refractivity (Wildman–Crippen MR) is 137 cm³/mol. The SMILES string of the molecule is CCCNC(=O)c1c(NC(=O)c2cc3sccc3n2Cc2ccccc2)sc2c1CCCC2. The van der Waals surface area contributed by atoms with Gasteiger partial charge in [-0.15, -0.1) is 22.7 Å². The van der Waals surface area contributed by atoms with Crippen LogP contribution < -0.4 is 10.6 Å².